The lowest BCUT2D eigenvalue weighted by Crippen LogP contribution is -2.46. The molecule has 30 heavy (non-hydrogen) atoms. The van der Waals surface area contributed by atoms with Gasteiger partial charge < -0.3 is 0 Å². The summed E-state index contributed by atoms with van der Waals surface area (Å²) in [5.74, 6) is 0. The summed E-state index contributed by atoms with van der Waals surface area (Å²) in [4.78, 5) is 5.48. The monoisotopic (exact) mass is 396 g/mol. The summed E-state index contributed by atoms with van der Waals surface area (Å²) in [5.41, 5.74) is 5.94. The van der Waals surface area contributed by atoms with E-state index in [1.807, 2.05) is 0 Å². The topological polar surface area (TPSA) is 6.48 Å². The van der Waals surface area contributed by atoms with Crippen LogP contribution in [0.5, 0.6) is 0 Å². The lowest BCUT2D eigenvalue weighted by atomic mass is 9.93. The Kier molecular flexibility index (Phi) is 5.96. The third kappa shape index (κ3) is 4.21. The molecule has 2 aliphatic rings. The molecule has 154 valence electrons. The van der Waals surface area contributed by atoms with Crippen LogP contribution in [0.1, 0.15) is 41.1 Å². The van der Waals surface area contributed by atoms with Gasteiger partial charge in [0.25, 0.3) is 0 Å². The summed E-state index contributed by atoms with van der Waals surface area (Å²) in [6.45, 7) is 4.76. The van der Waals surface area contributed by atoms with Gasteiger partial charge in [-0.3, -0.25) is 9.80 Å². The Morgan fingerprint density at radius 1 is 0.567 bits per heavy atom. The van der Waals surface area contributed by atoms with E-state index in [1.54, 1.807) is 11.1 Å². The van der Waals surface area contributed by atoms with Crippen molar-refractivity contribution in [3.05, 3.63) is 107 Å². The summed E-state index contributed by atoms with van der Waals surface area (Å²) in [5, 5.41) is 0. The van der Waals surface area contributed by atoms with Gasteiger partial charge in [-0.05, 0) is 47.9 Å². The number of piperidine rings is 1. The van der Waals surface area contributed by atoms with Gasteiger partial charge >= 0.3 is 0 Å². The molecule has 0 N–H and O–H groups in total. The van der Waals surface area contributed by atoms with Crippen LogP contribution in [0.25, 0.3) is 0 Å². The molecule has 3 aromatic rings. The molecular weight excluding hydrogens is 364 g/mol. The number of nitrogens with zero attached hydrogens (tertiary/aromatic N) is 2. The lowest BCUT2D eigenvalue weighted by Gasteiger charge is -2.41. The zero-order valence-electron chi connectivity index (χ0n) is 17.8. The van der Waals surface area contributed by atoms with Crippen molar-refractivity contribution >= 4 is 0 Å². The number of rotatable bonds is 4. The quantitative estimate of drug-likeness (QED) is 0.587. The highest BCUT2D eigenvalue weighted by atomic mass is 15.2. The maximum Gasteiger partial charge on any atom is 0.0601 e. The van der Waals surface area contributed by atoms with Gasteiger partial charge in [0, 0.05) is 32.2 Å². The zero-order chi connectivity index (χ0) is 20.2. The molecule has 0 aromatic heterocycles. The first-order valence-electron chi connectivity index (χ1n) is 11.5. The van der Waals surface area contributed by atoms with E-state index in [0.717, 1.165) is 6.04 Å². The number of hydrogen-bond donors (Lipinski definition) is 0. The first-order chi connectivity index (χ1) is 14.9. The average Bonchev–Trinajstić information content (AvgIpc) is 3.04. The third-order valence-electron chi connectivity index (χ3n) is 7.07. The third-order valence-corrected chi connectivity index (χ3v) is 7.07. The molecule has 1 fully saturated rings. The summed E-state index contributed by atoms with van der Waals surface area (Å²) in [6, 6.07) is 32.2. The van der Waals surface area contributed by atoms with Crippen molar-refractivity contribution in [3.63, 3.8) is 0 Å². The van der Waals surface area contributed by atoms with Crippen LogP contribution in [-0.2, 0) is 12.8 Å². The molecule has 0 saturated carbocycles. The highest BCUT2D eigenvalue weighted by Crippen LogP contribution is 2.32. The van der Waals surface area contributed by atoms with Crippen LogP contribution < -0.4 is 0 Å². The van der Waals surface area contributed by atoms with E-state index in [-0.39, 0.29) is 0 Å². The lowest BCUT2D eigenvalue weighted by molar-refractivity contribution is 0.0954. The molecule has 1 saturated heterocycles. The van der Waals surface area contributed by atoms with Crippen LogP contribution in [0.15, 0.2) is 84.9 Å². The maximum absolute atomic E-state index is 2.78. The summed E-state index contributed by atoms with van der Waals surface area (Å²) in [6.07, 6.45) is 4.94. The van der Waals surface area contributed by atoms with Gasteiger partial charge in [-0.1, -0.05) is 84.9 Å². The summed E-state index contributed by atoms with van der Waals surface area (Å²) < 4.78 is 0. The van der Waals surface area contributed by atoms with Gasteiger partial charge in [0.1, 0.15) is 0 Å². The minimum atomic E-state index is 0.363. The first-order valence-corrected chi connectivity index (χ1v) is 11.5. The van der Waals surface area contributed by atoms with Crippen LogP contribution in [0.3, 0.4) is 0 Å². The largest absolute Gasteiger partial charge is 0.300 e. The van der Waals surface area contributed by atoms with E-state index in [4.69, 9.17) is 0 Å². The molecule has 0 radical (unpaired) electrons. The Morgan fingerprint density at radius 2 is 1.03 bits per heavy atom. The van der Waals surface area contributed by atoms with E-state index in [9.17, 15) is 0 Å². The van der Waals surface area contributed by atoms with Gasteiger partial charge in [-0.25, -0.2) is 0 Å². The van der Waals surface area contributed by atoms with Gasteiger partial charge in [0.15, 0.2) is 0 Å². The maximum atomic E-state index is 2.78. The smallest absolute Gasteiger partial charge is 0.0601 e. The Balaban J connectivity index is 1.27. The fraction of sp³-hybridized carbons (Fsp3) is 0.357. The van der Waals surface area contributed by atoms with Crippen molar-refractivity contribution in [2.75, 3.05) is 26.2 Å². The van der Waals surface area contributed by atoms with Crippen molar-refractivity contribution in [2.45, 2.75) is 37.8 Å². The molecule has 0 amide bonds. The predicted molar refractivity (Wildman–Crippen MR) is 125 cm³/mol. The molecule has 2 heteroatoms. The molecule has 2 nitrogen and oxygen atoms in total. The molecule has 2 aliphatic heterocycles. The van der Waals surface area contributed by atoms with Crippen molar-refractivity contribution in [1.29, 1.82) is 0 Å². The Hall–Kier alpha value is -2.42. The highest BCUT2D eigenvalue weighted by molar-refractivity contribution is 5.32. The number of hydrogen-bond acceptors (Lipinski definition) is 2. The van der Waals surface area contributed by atoms with Crippen LogP contribution >= 0.6 is 0 Å². The van der Waals surface area contributed by atoms with Crippen LogP contribution in [0.2, 0.25) is 0 Å². The van der Waals surface area contributed by atoms with Crippen molar-refractivity contribution < 1.29 is 0 Å². The summed E-state index contributed by atoms with van der Waals surface area (Å²) in [7, 11) is 0. The molecule has 3 aromatic carbocycles. The Labute approximate surface area is 181 Å². The number of likely N-dealkylation sites (tertiary alicyclic amines) is 1. The second kappa shape index (κ2) is 9.16. The normalized spacial score (nSPS) is 18.8. The van der Waals surface area contributed by atoms with Gasteiger partial charge in [0.05, 0.1) is 6.04 Å². The van der Waals surface area contributed by atoms with E-state index in [2.05, 4.69) is 94.7 Å². The molecule has 2 heterocycles. The van der Waals surface area contributed by atoms with Crippen molar-refractivity contribution in [1.82, 2.24) is 9.80 Å². The van der Waals surface area contributed by atoms with Crippen LogP contribution in [0, 0.1) is 0 Å². The van der Waals surface area contributed by atoms with Gasteiger partial charge in [-0.15, -0.1) is 0 Å². The van der Waals surface area contributed by atoms with E-state index in [1.165, 1.54) is 63.0 Å². The second-order valence-corrected chi connectivity index (χ2v) is 8.80. The second-order valence-electron chi connectivity index (χ2n) is 8.80. The molecule has 0 aliphatic carbocycles. The first kappa shape index (κ1) is 19.5. The average molecular weight is 397 g/mol. The molecule has 0 unspecified atom stereocenters. The number of fused-ring (bicyclic) bond motifs is 1. The number of benzene rings is 3. The Morgan fingerprint density at radius 3 is 1.53 bits per heavy atom. The van der Waals surface area contributed by atoms with E-state index >= 15 is 0 Å². The minimum Gasteiger partial charge on any atom is -0.300 e. The van der Waals surface area contributed by atoms with E-state index < -0.39 is 0 Å². The van der Waals surface area contributed by atoms with Crippen LogP contribution in [-0.4, -0.2) is 42.0 Å². The van der Waals surface area contributed by atoms with E-state index in [0.29, 0.717) is 6.04 Å². The van der Waals surface area contributed by atoms with Crippen LogP contribution in [0.4, 0.5) is 0 Å². The summed E-state index contributed by atoms with van der Waals surface area (Å²) >= 11 is 0. The van der Waals surface area contributed by atoms with Gasteiger partial charge in [-0.2, -0.15) is 0 Å². The molecule has 0 bridgehead atoms. The highest BCUT2D eigenvalue weighted by Gasteiger charge is 2.30. The molecule has 0 atom stereocenters. The van der Waals surface area contributed by atoms with Crippen molar-refractivity contribution in [3.8, 4) is 0 Å². The Bertz CT molecular complexity index is 863. The molecular formula is C28H32N2. The molecule has 0 spiro atoms. The fourth-order valence-corrected chi connectivity index (χ4v) is 5.44. The SMILES string of the molecule is c1ccc(C(c2ccccc2)N2CCC(N3CCc4ccccc4CC3)CC2)cc1. The fourth-order valence-electron chi connectivity index (χ4n) is 5.44. The van der Waals surface area contributed by atoms with Gasteiger partial charge in [0.2, 0.25) is 0 Å². The standard InChI is InChI=1S/C28H32N2/c1-3-11-25(12-4-1)28(26-13-5-2-6-14-26)30-21-17-27(18-22-30)29-19-15-23-9-7-8-10-24(23)16-20-29/h1-14,27-28H,15-22H2. The molecule has 5 rings (SSSR count). The zero-order valence-corrected chi connectivity index (χ0v) is 17.8. The van der Waals surface area contributed by atoms with Crippen molar-refractivity contribution in [2.24, 2.45) is 0 Å². The minimum absolute atomic E-state index is 0.363. The predicted octanol–water partition coefficient (Wildman–Crippen LogP) is 5.34.